The van der Waals surface area contributed by atoms with Gasteiger partial charge in [-0.3, -0.25) is 4.90 Å². The summed E-state index contributed by atoms with van der Waals surface area (Å²) in [6, 6.07) is 6.19. The summed E-state index contributed by atoms with van der Waals surface area (Å²) in [4.78, 5) is 15.8. The van der Waals surface area contributed by atoms with E-state index in [4.69, 9.17) is 5.26 Å². The third-order valence-electron chi connectivity index (χ3n) is 5.03. The largest absolute Gasteiger partial charge is 0.336 e. The molecule has 6 heteroatoms. The van der Waals surface area contributed by atoms with Crippen LogP contribution in [0.2, 0.25) is 0 Å². The molecular formula is C15H20N4OS. The fourth-order valence-corrected chi connectivity index (χ4v) is 4.72. The van der Waals surface area contributed by atoms with E-state index in [1.165, 1.54) is 4.88 Å². The molecule has 2 N–H and O–H groups in total. The summed E-state index contributed by atoms with van der Waals surface area (Å²) in [5, 5.41) is 15.0. The highest BCUT2D eigenvalue weighted by Crippen LogP contribution is 2.47. The van der Waals surface area contributed by atoms with Gasteiger partial charge in [-0.25, -0.2) is 4.79 Å². The molecule has 1 aliphatic heterocycles. The minimum Gasteiger partial charge on any atom is -0.336 e. The van der Waals surface area contributed by atoms with Gasteiger partial charge in [0, 0.05) is 11.4 Å². The summed E-state index contributed by atoms with van der Waals surface area (Å²) < 4.78 is 0. The van der Waals surface area contributed by atoms with E-state index < -0.39 is 0 Å². The molecule has 1 aliphatic carbocycles. The zero-order valence-corrected chi connectivity index (χ0v) is 13.2. The van der Waals surface area contributed by atoms with E-state index in [1.807, 2.05) is 6.07 Å². The lowest BCUT2D eigenvalue weighted by atomic mass is 9.71. The summed E-state index contributed by atoms with van der Waals surface area (Å²) >= 11 is 1.59. The van der Waals surface area contributed by atoms with Gasteiger partial charge in [0.25, 0.3) is 0 Å². The van der Waals surface area contributed by atoms with Gasteiger partial charge < -0.3 is 10.6 Å². The maximum absolute atomic E-state index is 11.5. The highest BCUT2D eigenvalue weighted by atomic mass is 32.1. The average molecular weight is 304 g/mol. The molecule has 1 spiro atoms. The van der Waals surface area contributed by atoms with Crippen LogP contribution in [0.25, 0.3) is 0 Å². The van der Waals surface area contributed by atoms with Gasteiger partial charge >= 0.3 is 6.03 Å². The Kier molecular flexibility index (Phi) is 3.42. The van der Waals surface area contributed by atoms with Crippen LogP contribution in [-0.4, -0.2) is 37.1 Å². The first-order valence-corrected chi connectivity index (χ1v) is 8.05. The standard InChI is InChI=1S/C15H20N4OS/c1-19(2)15(12-4-3-11(9-16)21-12)7-5-14(6-8-15)10-17-13(20)18-14/h3-4H,5-8,10H2,1-2H3,(H2,17,18,20)/t14-,15+. The Morgan fingerprint density at radius 3 is 2.48 bits per heavy atom. The van der Waals surface area contributed by atoms with Crippen molar-refractivity contribution in [2.45, 2.75) is 36.8 Å². The molecule has 0 unspecified atom stereocenters. The second-order valence-electron chi connectivity index (χ2n) is 6.29. The normalized spacial score (nSPS) is 32.0. The topological polar surface area (TPSA) is 68.2 Å². The van der Waals surface area contributed by atoms with E-state index in [9.17, 15) is 4.79 Å². The van der Waals surface area contributed by atoms with Crippen LogP contribution in [0.4, 0.5) is 4.79 Å². The number of rotatable bonds is 2. The fraction of sp³-hybridized carbons (Fsp3) is 0.600. The van der Waals surface area contributed by atoms with E-state index in [0.29, 0.717) is 0 Å². The highest BCUT2D eigenvalue weighted by Gasteiger charge is 2.48. The van der Waals surface area contributed by atoms with Crippen LogP contribution in [0.15, 0.2) is 12.1 Å². The number of hydrogen-bond donors (Lipinski definition) is 2. The fourth-order valence-electron chi connectivity index (χ4n) is 3.58. The molecule has 5 nitrogen and oxygen atoms in total. The van der Waals surface area contributed by atoms with Crippen LogP contribution in [0, 0.1) is 11.3 Å². The molecule has 2 amide bonds. The summed E-state index contributed by atoms with van der Waals surface area (Å²) in [5.74, 6) is 0. The van der Waals surface area contributed by atoms with Crippen molar-refractivity contribution in [1.82, 2.24) is 15.5 Å². The lowest BCUT2D eigenvalue weighted by Gasteiger charge is -2.47. The van der Waals surface area contributed by atoms with E-state index in [-0.39, 0.29) is 17.1 Å². The predicted octanol–water partition coefficient (Wildman–Crippen LogP) is 2.00. The molecule has 2 fully saturated rings. The van der Waals surface area contributed by atoms with Gasteiger partial charge in [-0.15, -0.1) is 11.3 Å². The van der Waals surface area contributed by atoms with Crippen molar-refractivity contribution in [3.05, 3.63) is 21.9 Å². The van der Waals surface area contributed by atoms with E-state index >= 15 is 0 Å². The van der Waals surface area contributed by atoms with Crippen LogP contribution >= 0.6 is 11.3 Å². The maximum Gasteiger partial charge on any atom is 0.315 e. The SMILES string of the molecule is CN(C)[C@]1(c2ccc(C#N)s2)CC[C@]2(CC1)CNC(=O)N2. The van der Waals surface area contributed by atoms with Crippen molar-refractivity contribution in [2.24, 2.45) is 0 Å². The van der Waals surface area contributed by atoms with Gasteiger partial charge in [0.2, 0.25) is 0 Å². The van der Waals surface area contributed by atoms with Crippen molar-refractivity contribution >= 4 is 17.4 Å². The number of hydrogen-bond acceptors (Lipinski definition) is 4. The van der Waals surface area contributed by atoms with E-state index in [1.54, 1.807) is 11.3 Å². The molecule has 1 saturated carbocycles. The lowest BCUT2D eigenvalue weighted by Crippen LogP contribution is -2.53. The second-order valence-corrected chi connectivity index (χ2v) is 7.37. The minimum absolute atomic E-state index is 0.0155. The number of carbonyl (C=O) groups excluding carboxylic acids is 1. The molecule has 1 aromatic rings. The Bertz CT molecular complexity index is 593. The molecule has 3 rings (SSSR count). The van der Waals surface area contributed by atoms with E-state index in [2.05, 4.69) is 41.8 Å². The third kappa shape index (κ3) is 2.30. The Labute approximate surface area is 128 Å². The molecule has 0 bridgehead atoms. The summed E-state index contributed by atoms with van der Waals surface area (Å²) in [6.45, 7) is 0.725. The van der Waals surface area contributed by atoms with Crippen LogP contribution in [0.5, 0.6) is 0 Å². The molecule has 0 atom stereocenters. The molecule has 0 radical (unpaired) electrons. The Morgan fingerprint density at radius 1 is 1.29 bits per heavy atom. The monoisotopic (exact) mass is 304 g/mol. The average Bonchev–Trinajstić information content (AvgIpc) is 3.08. The molecule has 2 heterocycles. The zero-order chi connectivity index (χ0) is 15.1. The molecular weight excluding hydrogens is 284 g/mol. The first kappa shape index (κ1) is 14.4. The Hall–Kier alpha value is -1.58. The van der Waals surface area contributed by atoms with Gasteiger partial charge in [-0.1, -0.05) is 0 Å². The summed E-state index contributed by atoms with van der Waals surface area (Å²) in [6.07, 6.45) is 3.91. The summed E-state index contributed by atoms with van der Waals surface area (Å²) in [5.41, 5.74) is -0.0930. The number of nitrogens with one attached hydrogen (secondary N) is 2. The molecule has 0 aromatic carbocycles. The number of nitrogens with zero attached hydrogens (tertiary/aromatic N) is 2. The van der Waals surface area contributed by atoms with Crippen molar-refractivity contribution in [1.29, 1.82) is 5.26 Å². The van der Waals surface area contributed by atoms with Crippen LogP contribution in [0.1, 0.15) is 35.4 Å². The number of urea groups is 1. The van der Waals surface area contributed by atoms with Gasteiger partial charge in [-0.05, 0) is 51.9 Å². The predicted molar refractivity (Wildman–Crippen MR) is 82.1 cm³/mol. The molecule has 1 saturated heterocycles. The number of thiophene rings is 1. The van der Waals surface area contributed by atoms with Gasteiger partial charge in [0.05, 0.1) is 11.1 Å². The molecule has 2 aliphatic rings. The first-order valence-electron chi connectivity index (χ1n) is 7.24. The zero-order valence-electron chi connectivity index (χ0n) is 12.4. The van der Waals surface area contributed by atoms with Crippen LogP contribution in [0.3, 0.4) is 0 Å². The van der Waals surface area contributed by atoms with Crippen molar-refractivity contribution in [2.75, 3.05) is 20.6 Å². The molecule has 112 valence electrons. The third-order valence-corrected chi connectivity index (χ3v) is 6.21. The lowest BCUT2D eigenvalue weighted by molar-refractivity contribution is 0.0684. The Morgan fingerprint density at radius 2 is 2.00 bits per heavy atom. The summed E-state index contributed by atoms with van der Waals surface area (Å²) in [7, 11) is 4.21. The van der Waals surface area contributed by atoms with Crippen molar-refractivity contribution in [3.63, 3.8) is 0 Å². The molecule has 21 heavy (non-hydrogen) atoms. The highest BCUT2D eigenvalue weighted by molar-refractivity contribution is 7.12. The number of amides is 2. The van der Waals surface area contributed by atoms with Crippen molar-refractivity contribution < 1.29 is 4.79 Å². The van der Waals surface area contributed by atoms with Gasteiger partial charge in [0.15, 0.2) is 0 Å². The van der Waals surface area contributed by atoms with Crippen LogP contribution in [-0.2, 0) is 5.54 Å². The number of carbonyl (C=O) groups is 1. The smallest absolute Gasteiger partial charge is 0.315 e. The molecule has 1 aromatic heterocycles. The Balaban J connectivity index is 1.85. The first-order chi connectivity index (χ1) is 10.00. The number of nitriles is 1. The van der Waals surface area contributed by atoms with Gasteiger partial charge in [-0.2, -0.15) is 5.26 Å². The maximum atomic E-state index is 11.5. The van der Waals surface area contributed by atoms with Gasteiger partial charge in [0.1, 0.15) is 10.9 Å². The quantitative estimate of drug-likeness (QED) is 0.878. The second kappa shape index (κ2) is 5.00. The van der Waals surface area contributed by atoms with Crippen molar-refractivity contribution in [3.8, 4) is 6.07 Å². The minimum atomic E-state index is -0.0775. The van der Waals surface area contributed by atoms with Crippen LogP contribution < -0.4 is 10.6 Å². The van der Waals surface area contributed by atoms with E-state index in [0.717, 1.165) is 37.1 Å².